The van der Waals surface area contributed by atoms with Crippen molar-refractivity contribution in [1.29, 1.82) is 0 Å². The highest BCUT2D eigenvalue weighted by atomic mass is 32.3. The normalized spacial score (nSPS) is 46.1. The van der Waals surface area contributed by atoms with Crippen LogP contribution in [0.3, 0.4) is 0 Å². The Balaban J connectivity index is 2.19. The van der Waals surface area contributed by atoms with Crippen molar-refractivity contribution in [3.8, 4) is 0 Å². The van der Waals surface area contributed by atoms with Crippen LogP contribution in [0, 0.1) is 5.92 Å². The molecule has 9 atom stereocenters. The zero-order valence-electron chi connectivity index (χ0n) is 14.0. The molecule has 2 aliphatic heterocycles. The van der Waals surface area contributed by atoms with Gasteiger partial charge in [0.1, 0.15) is 24.4 Å². The number of methoxy groups -OCH3 is 1. The van der Waals surface area contributed by atoms with Crippen LogP contribution in [0.2, 0.25) is 0 Å². The molecule has 0 aromatic carbocycles. The molecule has 4 N–H and O–H groups in total. The number of hydrogen-bond donors (Lipinski definition) is 4. The van der Waals surface area contributed by atoms with Crippen molar-refractivity contribution < 1.29 is 51.4 Å². The summed E-state index contributed by atoms with van der Waals surface area (Å²) in [5, 5.41) is 30.2. The summed E-state index contributed by atoms with van der Waals surface area (Å²) in [6.07, 6.45) is -10.3. The van der Waals surface area contributed by atoms with Crippen molar-refractivity contribution >= 4 is 10.4 Å². The Labute approximate surface area is 145 Å². The molecule has 2 saturated heterocycles. The quantitative estimate of drug-likeness (QED) is 0.386. The molecule has 0 radical (unpaired) electrons. The fraction of sp³-hybridized carbons (Fsp3) is 1.00. The molecule has 0 spiro atoms. The molecule has 0 bridgehead atoms. The summed E-state index contributed by atoms with van der Waals surface area (Å²) in [5.41, 5.74) is 0. The number of aliphatic hydroxyl groups is 3. The Hall–Kier alpha value is -0.410. The van der Waals surface area contributed by atoms with Crippen LogP contribution in [0.1, 0.15) is 13.8 Å². The number of aliphatic hydroxyl groups excluding tert-OH is 3. The second-order valence-electron chi connectivity index (χ2n) is 6.19. The van der Waals surface area contributed by atoms with Crippen molar-refractivity contribution in [1.82, 2.24) is 0 Å². The van der Waals surface area contributed by atoms with E-state index in [1.807, 2.05) is 0 Å². The van der Waals surface area contributed by atoms with E-state index in [-0.39, 0.29) is 12.5 Å². The molecule has 12 heteroatoms. The van der Waals surface area contributed by atoms with Gasteiger partial charge in [0, 0.05) is 13.0 Å². The van der Waals surface area contributed by atoms with Gasteiger partial charge in [0.05, 0.1) is 18.8 Å². The van der Waals surface area contributed by atoms with Crippen molar-refractivity contribution in [3.05, 3.63) is 0 Å². The lowest BCUT2D eigenvalue weighted by Gasteiger charge is -2.44. The van der Waals surface area contributed by atoms with Crippen LogP contribution >= 0.6 is 0 Å². The Bertz CT molecular complexity index is 540. The molecule has 0 aromatic rings. The molecule has 2 rings (SSSR count). The first-order valence-corrected chi connectivity index (χ1v) is 9.07. The highest BCUT2D eigenvalue weighted by Crippen LogP contribution is 2.30. The Morgan fingerprint density at radius 2 is 1.64 bits per heavy atom. The molecule has 11 nitrogen and oxygen atoms in total. The smallest absolute Gasteiger partial charge is 0.390 e. The van der Waals surface area contributed by atoms with Crippen molar-refractivity contribution in [2.75, 3.05) is 13.7 Å². The highest BCUT2D eigenvalue weighted by molar-refractivity contribution is 7.80. The summed E-state index contributed by atoms with van der Waals surface area (Å²) < 4.78 is 56.8. The number of ether oxygens (including phenoxy) is 4. The van der Waals surface area contributed by atoms with E-state index in [0.717, 1.165) is 0 Å². The van der Waals surface area contributed by atoms with Gasteiger partial charge < -0.3 is 34.3 Å². The second kappa shape index (κ2) is 8.08. The van der Waals surface area contributed by atoms with Gasteiger partial charge in [-0.05, 0) is 6.92 Å². The topological polar surface area (TPSA) is 161 Å². The van der Waals surface area contributed by atoms with E-state index in [0.29, 0.717) is 0 Å². The third-order valence-corrected chi connectivity index (χ3v) is 4.71. The average Bonchev–Trinajstić information content (AvgIpc) is 2.52. The van der Waals surface area contributed by atoms with Gasteiger partial charge in [0.15, 0.2) is 12.6 Å². The first-order valence-electron chi connectivity index (χ1n) is 7.70. The van der Waals surface area contributed by atoms with Crippen molar-refractivity contribution in [2.45, 2.75) is 63.1 Å². The van der Waals surface area contributed by atoms with Gasteiger partial charge in [-0.2, -0.15) is 8.42 Å². The third-order valence-electron chi connectivity index (χ3n) is 4.24. The molecule has 2 unspecified atom stereocenters. The molecule has 148 valence electrons. The maximum atomic E-state index is 11.1. The van der Waals surface area contributed by atoms with E-state index in [4.69, 9.17) is 23.5 Å². The summed E-state index contributed by atoms with van der Waals surface area (Å²) in [6.45, 7) is 3.27. The van der Waals surface area contributed by atoms with Crippen LogP contribution < -0.4 is 0 Å². The largest absolute Gasteiger partial charge is 0.397 e. The van der Waals surface area contributed by atoms with E-state index in [1.54, 1.807) is 6.92 Å². The van der Waals surface area contributed by atoms with E-state index < -0.39 is 59.6 Å². The van der Waals surface area contributed by atoms with E-state index in [2.05, 4.69) is 4.18 Å². The number of rotatable bonds is 5. The molecule has 2 aliphatic rings. The van der Waals surface area contributed by atoms with E-state index in [1.165, 1.54) is 14.0 Å². The third kappa shape index (κ3) is 4.86. The summed E-state index contributed by atoms with van der Waals surface area (Å²) >= 11 is 0. The standard InChI is InChI=1S/C13H24O11S/c1-5-4-21-13(8(15)7(5)14)23-10-6(2)22-12(20-3)9(16)11(10)24-25(17,18)19/h5-16H,4H2,1-3H3,(H,17,18,19)/t5-,6?,7-,8+,9+,10+,11+,12?,13+/m1/s1. The van der Waals surface area contributed by atoms with Gasteiger partial charge in [0.2, 0.25) is 0 Å². The lowest BCUT2D eigenvalue weighted by molar-refractivity contribution is -0.334. The molecule has 2 fully saturated rings. The maximum absolute atomic E-state index is 11.1. The van der Waals surface area contributed by atoms with Crippen LogP contribution in [-0.2, 0) is 33.5 Å². The zero-order chi connectivity index (χ0) is 18.9. The van der Waals surface area contributed by atoms with Crippen LogP contribution in [-0.4, -0.2) is 91.2 Å². The molecular weight excluding hydrogens is 364 g/mol. The lowest BCUT2D eigenvalue weighted by Crippen LogP contribution is -2.62. The van der Waals surface area contributed by atoms with Crippen molar-refractivity contribution in [2.24, 2.45) is 5.92 Å². The summed E-state index contributed by atoms with van der Waals surface area (Å²) in [4.78, 5) is 0. The van der Waals surface area contributed by atoms with Gasteiger partial charge in [-0.1, -0.05) is 6.92 Å². The van der Waals surface area contributed by atoms with Crippen molar-refractivity contribution in [3.63, 3.8) is 0 Å². The molecule has 2 heterocycles. The van der Waals surface area contributed by atoms with Gasteiger partial charge in [-0.25, -0.2) is 4.18 Å². The second-order valence-corrected chi connectivity index (χ2v) is 7.23. The van der Waals surface area contributed by atoms with Crippen LogP contribution in [0.5, 0.6) is 0 Å². The van der Waals surface area contributed by atoms with Crippen LogP contribution in [0.25, 0.3) is 0 Å². The lowest BCUT2D eigenvalue weighted by atomic mass is 9.96. The summed E-state index contributed by atoms with van der Waals surface area (Å²) in [5.74, 6) is -0.330. The van der Waals surface area contributed by atoms with Gasteiger partial charge in [0.25, 0.3) is 0 Å². The monoisotopic (exact) mass is 388 g/mol. The Kier molecular flexibility index (Phi) is 6.76. The van der Waals surface area contributed by atoms with E-state index >= 15 is 0 Å². The fourth-order valence-corrected chi connectivity index (χ4v) is 3.34. The Morgan fingerprint density at radius 1 is 1.00 bits per heavy atom. The van der Waals surface area contributed by atoms with Gasteiger partial charge in [-0.3, -0.25) is 4.55 Å². The Morgan fingerprint density at radius 3 is 2.20 bits per heavy atom. The molecule has 0 saturated carbocycles. The SMILES string of the molecule is COC1OC(C)[C@H](O[C@@H]2OC[C@@H](C)[C@@H](O)[C@@H]2O)[C@@H](OS(=O)(=O)O)[C@@H]1O. The minimum atomic E-state index is -4.92. The van der Waals surface area contributed by atoms with Gasteiger partial charge >= 0.3 is 10.4 Å². The molecule has 0 amide bonds. The fourth-order valence-electron chi connectivity index (χ4n) is 2.84. The first-order chi connectivity index (χ1) is 11.5. The van der Waals surface area contributed by atoms with Crippen LogP contribution in [0.4, 0.5) is 0 Å². The molecule has 25 heavy (non-hydrogen) atoms. The van der Waals surface area contributed by atoms with Gasteiger partial charge in [-0.15, -0.1) is 0 Å². The maximum Gasteiger partial charge on any atom is 0.397 e. The molecule has 0 aliphatic carbocycles. The minimum Gasteiger partial charge on any atom is -0.390 e. The zero-order valence-corrected chi connectivity index (χ0v) is 14.8. The highest BCUT2D eigenvalue weighted by Gasteiger charge is 2.50. The van der Waals surface area contributed by atoms with Crippen LogP contribution in [0.15, 0.2) is 0 Å². The summed E-state index contributed by atoms with van der Waals surface area (Å²) in [7, 11) is -3.69. The summed E-state index contributed by atoms with van der Waals surface area (Å²) in [6, 6.07) is 0. The minimum absolute atomic E-state index is 0.0952. The van der Waals surface area contributed by atoms with E-state index in [9.17, 15) is 23.7 Å². The predicted molar refractivity (Wildman–Crippen MR) is 79.6 cm³/mol. The predicted octanol–water partition coefficient (Wildman–Crippen LogP) is -1.97. The molecule has 0 aromatic heterocycles. The average molecular weight is 388 g/mol. The first kappa shape index (κ1) is 20.9. The number of hydrogen-bond acceptors (Lipinski definition) is 10. The molecular formula is C13H24O11S.